The number of nitrogens with one attached hydrogen (secondary N) is 1. The summed E-state index contributed by atoms with van der Waals surface area (Å²) in [6.07, 6.45) is 20.7. The molecular weight excluding hydrogens is 362 g/mol. The molecule has 4 nitrogen and oxygen atoms in total. The summed E-state index contributed by atoms with van der Waals surface area (Å²) in [5, 5.41) is 0. The van der Waals surface area contributed by atoms with Crippen molar-refractivity contribution in [2.75, 3.05) is 6.61 Å². The number of unbranched alkanes of at least 4 members (excludes halogenated alkanes) is 13. The van der Waals surface area contributed by atoms with Gasteiger partial charge in [0.25, 0.3) is 0 Å². The summed E-state index contributed by atoms with van der Waals surface area (Å²) in [5.74, 6) is 0.980. The Kier molecular flexibility index (Phi) is 12.0. The van der Waals surface area contributed by atoms with Crippen LogP contribution in [0.1, 0.15) is 96.8 Å². The molecule has 162 valence electrons. The van der Waals surface area contributed by atoms with E-state index in [-0.39, 0.29) is 0 Å². The molecule has 1 aromatic heterocycles. The van der Waals surface area contributed by atoms with E-state index in [0.29, 0.717) is 5.76 Å². The average molecular weight is 402 g/mol. The molecule has 0 saturated carbocycles. The van der Waals surface area contributed by atoms with Crippen LogP contribution in [0.5, 0.6) is 5.75 Å². The van der Waals surface area contributed by atoms with Crippen LogP contribution in [0.3, 0.4) is 0 Å². The molecule has 0 bridgehead atoms. The van der Waals surface area contributed by atoms with Gasteiger partial charge in [0.2, 0.25) is 0 Å². The fraction of sp³-hybridized carbons (Fsp3) is 0.640. The quantitative estimate of drug-likeness (QED) is 0.279. The molecule has 0 saturated heterocycles. The maximum Gasteiger partial charge on any atom is 0.416 e. The van der Waals surface area contributed by atoms with Gasteiger partial charge in [0.15, 0.2) is 5.76 Å². The summed E-state index contributed by atoms with van der Waals surface area (Å²) in [6, 6.07) is 7.66. The third-order valence-corrected chi connectivity index (χ3v) is 5.43. The molecule has 0 aliphatic carbocycles. The van der Waals surface area contributed by atoms with Crippen LogP contribution in [0.4, 0.5) is 0 Å². The van der Waals surface area contributed by atoms with Crippen LogP contribution in [0, 0.1) is 0 Å². The maximum atomic E-state index is 11.1. The molecule has 0 fully saturated rings. The maximum absolute atomic E-state index is 11.1. The second-order valence-electron chi connectivity index (χ2n) is 8.01. The summed E-state index contributed by atoms with van der Waals surface area (Å²) >= 11 is 0. The molecule has 4 heteroatoms. The van der Waals surface area contributed by atoms with E-state index in [4.69, 9.17) is 9.15 Å². The minimum atomic E-state index is -0.432. The van der Waals surface area contributed by atoms with E-state index >= 15 is 0 Å². The van der Waals surface area contributed by atoms with Crippen molar-refractivity contribution in [3.05, 3.63) is 41.0 Å². The minimum absolute atomic E-state index is 0.432. The SMILES string of the molecule is CCCCCCCCCCCCCCCCOc1ccc(-c2c[nH]c(=O)o2)cc1. The number of benzene rings is 1. The summed E-state index contributed by atoms with van der Waals surface area (Å²) in [5.41, 5.74) is 0.868. The molecule has 0 atom stereocenters. The Morgan fingerprint density at radius 2 is 1.28 bits per heavy atom. The Labute approximate surface area is 176 Å². The largest absolute Gasteiger partial charge is 0.494 e. The first-order chi connectivity index (χ1) is 14.3. The molecule has 2 rings (SSSR count). The van der Waals surface area contributed by atoms with Crippen molar-refractivity contribution in [2.45, 2.75) is 96.8 Å². The van der Waals surface area contributed by atoms with Crippen molar-refractivity contribution in [1.29, 1.82) is 0 Å². The Morgan fingerprint density at radius 3 is 1.76 bits per heavy atom. The lowest BCUT2D eigenvalue weighted by atomic mass is 10.0. The monoisotopic (exact) mass is 401 g/mol. The average Bonchev–Trinajstić information content (AvgIpc) is 3.17. The van der Waals surface area contributed by atoms with Gasteiger partial charge in [-0.25, -0.2) is 4.79 Å². The Morgan fingerprint density at radius 1 is 0.759 bits per heavy atom. The van der Waals surface area contributed by atoms with Gasteiger partial charge in [-0.15, -0.1) is 0 Å². The van der Waals surface area contributed by atoms with Crippen LogP contribution in [-0.4, -0.2) is 11.6 Å². The molecule has 0 amide bonds. The van der Waals surface area contributed by atoms with Crippen LogP contribution in [0.15, 0.2) is 39.7 Å². The van der Waals surface area contributed by atoms with Gasteiger partial charge in [0.05, 0.1) is 12.8 Å². The second kappa shape index (κ2) is 14.9. The number of hydrogen-bond donors (Lipinski definition) is 1. The van der Waals surface area contributed by atoms with Crippen LogP contribution in [-0.2, 0) is 0 Å². The normalized spacial score (nSPS) is 11.1. The predicted molar refractivity (Wildman–Crippen MR) is 121 cm³/mol. The van der Waals surface area contributed by atoms with Crippen LogP contribution < -0.4 is 10.5 Å². The lowest BCUT2D eigenvalue weighted by Crippen LogP contribution is -1.97. The number of ether oxygens (including phenoxy) is 1. The highest BCUT2D eigenvalue weighted by Crippen LogP contribution is 2.21. The standard InChI is InChI=1S/C25H39NO3/c1-2-3-4-5-6-7-8-9-10-11-12-13-14-15-20-28-23-18-16-22(17-19-23)24-21-26-25(27)29-24/h16-19,21H,2-15,20H2,1H3,(H,26,27). The molecule has 2 aromatic rings. The molecule has 0 radical (unpaired) electrons. The zero-order valence-electron chi connectivity index (χ0n) is 18.2. The second-order valence-corrected chi connectivity index (χ2v) is 8.01. The van der Waals surface area contributed by atoms with Gasteiger partial charge >= 0.3 is 5.76 Å². The van der Waals surface area contributed by atoms with E-state index in [1.807, 2.05) is 24.3 Å². The topological polar surface area (TPSA) is 55.2 Å². The molecule has 1 heterocycles. The van der Waals surface area contributed by atoms with Crippen LogP contribution in [0.2, 0.25) is 0 Å². The van der Waals surface area contributed by atoms with Crippen LogP contribution >= 0.6 is 0 Å². The first-order valence-electron chi connectivity index (χ1n) is 11.7. The van der Waals surface area contributed by atoms with E-state index in [0.717, 1.165) is 24.3 Å². The first-order valence-corrected chi connectivity index (χ1v) is 11.7. The van der Waals surface area contributed by atoms with Crippen molar-refractivity contribution < 1.29 is 9.15 Å². The van der Waals surface area contributed by atoms with Gasteiger partial charge < -0.3 is 9.15 Å². The van der Waals surface area contributed by atoms with Crippen molar-refractivity contribution in [1.82, 2.24) is 4.98 Å². The summed E-state index contributed by atoms with van der Waals surface area (Å²) in [6.45, 7) is 3.04. The Hall–Kier alpha value is -1.97. The highest BCUT2D eigenvalue weighted by atomic mass is 16.5. The molecule has 0 aliphatic rings. The summed E-state index contributed by atoms with van der Waals surface area (Å²) in [4.78, 5) is 13.6. The van der Waals surface area contributed by atoms with E-state index in [2.05, 4.69) is 11.9 Å². The van der Waals surface area contributed by atoms with Crippen molar-refractivity contribution in [2.24, 2.45) is 0 Å². The molecule has 0 spiro atoms. The van der Waals surface area contributed by atoms with Crippen LogP contribution in [0.25, 0.3) is 11.3 Å². The highest BCUT2D eigenvalue weighted by molar-refractivity contribution is 5.57. The zero-order chi connectivity index (χ0) is 20.6. The molecule has 0 aliphatic heterocycles. The van der Waals surface area contributed by atoms with Gasteiger partial charge in [-0.2, -0.15) is 0 Å². The minimum Gasteiger partial charge on any atom is -0.494 e. The number of aromatic nitrogens is 1. The Bertz CT molecular complexity index is 687. The molecular formula is C25H39NO3. The van der Waals surface area contributed by atoms with Gasteiger partial charge in [0.1, 0.15) is 5.75 Å². The van der Waals surface area contributed by atoms with Crippen molar-refractivity contribution >= 4 is 0 Å². The zero-order valence-corrected chi connectivity index (χ0v) is 18.2. The lowest BCUT2D eigenvalue weighted by molar-refractivity contribution is 0.304. The molecule has 0 unspecified atom stereocenters. The van der Waals surface area contributed by atoms with Gasteiger partial charge in [-0.3, -0.25) is 4.98 Å². The fourth-order valence-corrected chi connectivity index (χ4v) is 3.63. The third-order valence-electron chi connectivity index (χ3n) is 5.43. The van der Waals surface area contributed by atoms with Crippen molar-refractivity contribution in [3.8, 4) is 17.1 Å². The Balaban J connectivity index is 1.39. The van der Waals surface area contributed by atoms with Gasteiger partial charge in [-0.1, -0.05) is 90.4 Å². The van der Waals surface area contributed by atoms with E-state index in [9.17, 15) is 4.79 Å². The fourth-order valence-electron chi connectivity index (χ4n) is 3.63. The van der Waals surface area contributed by atoms with Crippen molar-refractivity contribution in [3.63, 3.8) is 0 Å². The molecule has 1 N–H and O–H groups in total. The number of aromatic amines is 1. The molecule has 1 aromatic carbocycles. The smallest absolute Gasteiger partial charge is 0.416 e. The predicted octanol–water partition coefficient (Wildman–Crippen LogP) is 7.50. The van der Waals surface area contributed by atoms with Gasteiger partial charge in [0, 0.05) is 5.56 Å². The number of rotatable bonds is 17. The van der Waals surface area contributed by atoms with Gasteiger partial charge in [-0.05, 0) is 30.7 Å². The summed E-state index contributed by atoms with van der Waals surface area (Å²) in [7, 11) is 0. The number of oxazole rings is 1. The molecule has 29 heavy (non-hydrogen) atoms. The lowest BCUT2D eigenvalue weighted by Gasteiger charge is -2.07. The first kappa shape index (κ1) is 23.3. The van der Waals surface area contributed by atoms with E-state index < -0.39 is 5.76 Å². The van der Waals surface area contributed by atoms with E-state index in [1.165, 1.54) is 83.5 Å². The summed E-state index contributed by atoms with van der Waals surface area (Å²) < 4.78 is 10.9. The number of H-pyrrole nitrogens is 1. The highest BCUT2D eigenvalue weighted by Gasteiger charge is 2.03. The van der Waals surface area contributed by atoms with E-state index in [1.54, 1.807) is 6.20 Å². The third kappa shape index (κ3) is 10.4. The number of hydrogen-bond acceptors (Lipinski definition) is 3.